The predicted molar refractivity (Wildman–Crippen MR) is 168 cm³/mol. The summed E-state index contributed by atoms with van der Waals surface area (Å²) in [7, 11) is 0. The van der Waals surface area contributed by atoms with Crippen molar-refractivity contribution >= 4 is 56.8 Å². The maximum atomic E-state index is 13.5. The molecule has 5 rings (SSSR count). The van der Waals surface area contributed by atoms with E-state index in [1.165, 1.54) is 15.5 Å². The van der Waals surface area contributed by atoms with Crippen LogP contribution in [0.25, 0.3) is 27.9 Å². The Hall–Kier alpha value is -3.40. The number of hydrogen-bond donors (Lipinski definition) is 1. The molecule has 1 atom stereocenters. The van der Waals surface area contributed by atoms with Crippen LogP contribution in [0.3, 0.4) is 0 Å². The van der Waals surface area contributed by atoms with Crippen molar-refractivity contribution in [3.8, 4) is 22.3 Å². The van der Waals surface area contributed by atoms with E-state index >= 15 is 0 Å². The number of hydrogen-bond acceptors (Lipinski definition) is 5. The molecule has 1 fully saturated rings. The normalized spacial score (nSPS) is 15.1. The van der Waals surface area contributed by atoms with Crippen LogP contribution in [0.2, 0.25) is 10.0 Å². The second-order valence-corrected chi connectivity index (χ2v) is 12.8. The summed E-state index contributed by atoms with van der Waals surface area (Å²) >= 11 is 16.9. The third-order valence-corrected chi connectivity index (χ3v) is 8.57. The van der Waals surface area contributed by atoms with Crippen molar-refractivity contribution in [1.29, 1.82) is 0 Å². The van der Waals surface area contributed by atoms with Gasteiger partial charge in [0, 0.05) is 52.6 Å². The van der Waals surface area contributed by atoms with Crippen LogP contribution in [0, 0.1) is 0 Å². The smallest absolute Gasteiger partial charge is 0.410 e. The van der Waals surface area contributed by atoms with E-state index in [1.807, 2.05) is 36.4 Å². The number of pyridine rings is 1. The molecule has 8 nitrogen and oxygen atoms in total. The van der Waals surface area contributed by atoms with Crippen LogP contribution in [-0.2, 0) is 16.1 Å². The van der Waals surface area contributed by atoms with Gasteiger partial charge in [-0.1, -0.05) is 53.5 Å². The molecule has 11 heteroatoms. The second kappa shape index (κ2) is 12.1. The van der Waals surface area contributed by atoms with Gasteiger partial charge in [-0.2, -0.15) is 0 Å². The number of fused-ring (bicyclic) bond motifs is 1. The van der Waals surface area contributed by atoms with Crippen molar-refractivity contribution in [2.75, 3.05) is 6.54 Å². The Balaban J connectivity index is 1.46. The lowest BCUT2D eigenvalue weighted by atomic mass is 9.99. The van der Waals surface area contributed by atoms with Gasteiger partial charge >= 0.3 is 6.09 Å². The number of aromatic nitrogens is 2. The highest BCUT2D eigenvalue weighted by Gasteiger charge is 2.29. The zero-order valence-corrected chi connectivity index (χ0v) is 26.4. The molecule has 0 radical (unpaired) electrons. The van der Waals surface area contributed by atoms with Crippen molar-refractivity contribution < 1.29 is 14.3 Å². The highest BCUT2D eigenvalue weighted by molar-refractivity contribution is 9.10. The highest BCUT2D eigenvalue weighted by atomic mass is 79.9. The SMILES string of the molecule is CC(C)(C)OC(=O)N(Cc1cnc2cc(-c3cccc(-c4cccc(Br)c4Cl)c3Cl)ccn2c1=O)C[C@@H]1CCC(=O)N1. The molecule has 0 bridgehead atoms. The van der Waals surface area contributed by atoms with Crippen LogP contribution in [0.15, 0.2) is 70.2 Å². The summed E-state index contributed by atoms with van der Waals surface area (Å²) in [4.78, 5) is 44.3. The zero-order valence-electron chi connectivity index (χ0n) is 23.3. The van der Waals surface area contributed by atoms with Crippen LogP contribution in [0.4, 0.5) is 4.79 Å². The molecular formula is C31H29BrCl2N4O4. The summed E-state index contributed by atoms with van der Waals surface area (Å²) in [5, 5.41) is 3.95. The summed E-state index contributed by atoms with van der Waals surface area (Å²) < 4.78 is 7.80. The van der Waals surface area contributed by atoms with E-state index in [1.54, 1.807) is 39.1 Å². The molecule has 0 aliphatic carbocycles. The van der Waals surface area contributed by atoms with Gasteiger partial charge in [0.1, 0.15) is 11.2 Å². The lowest BCUT2D eigenvalue weighted by Gasteiger charge is -2.29. The molecule has 1 aliphatic heterocycles. The lowest BCUT2D eigenvalue weighted by molar-refractivity contribution is -0.119. The molecule has 0 unspecified atom stereocenters. The Bertz CT molecular complexity index is 1750. The molecule has 218 valence electrons. The van der Waals surface area contributed by atoms with Crippen molar-refractivity contribution in [1.82, 2.24) is 19.6 Å². The van der Waals surface area contributed by atoms with Crippen molar-refractivity contribution in [3.05, 3.63) is 91.4 Å². The van der Waals surface area contributed by atoms with Crippen molar-refractivity contribution in [3.63, 3.8) is 0 Å². The quantitative estimate of drug-likeness (QED) is 0.236. The number of halogens is 3. The van der Waals surface area contributed by atoms with E-state index in [2.05, 4.69) is 26.2 Å². The molecule has 4 aromatic rings. The molecule has 1 aliphatic rings. The Labute approximate surface area is 261 Å². The highest BCUT2D eigenvalue weighted by Crippen LogP contribution is 2.41. The summed E-state index contributed by atoms with van der Waals surface area (Å²) in [6.45, 7) is 5.54. The van der Waals surface area contributed by atoms with Gasteiger partial charge in [0.05, 0.1) is 22.2 Å². The summed E-state index contributed by atoms with van der Waals surface area (Å²) in [5.41, 5.74) is 2.83. The number of ether oxygens (including phenoxy) is 1. The van der Waals surface area contributed by atoms with Crippen molar-refractivity contribution in [2.45, 2.75) is 51.8 Å². The number of amides is 2. The van der Waals surface area contributed by atoms with Gasteiger partial charge in [-0.3, -0.25) is 14.0 Å². The number of carbonyl (C=O) groups excluding carboxylic acids is 2. The average Bonchev–Trinajstić information content (AvgIpc) is 3.35. The van der Waals surface area contributed by atoms with E-state index in [4.69, 9.17) is 27.9 Å². The van der Waals surface area contributed by atoms with E-state index < -0.39 is 11.7 Å². The lowest BCUT2D eigenvalue weighted by Crippen LogP contribution is -2.44. The summed E-state index contributed by atoms with van der Waals surface area (Å²) in [5.74, 6) is -0.0576. The fourth-order valence-corrected chi connectivity index (χ4v) is 5.81. The number of benzene rings is 2. The fourth-order valence-electron chi connectivity index (χ4n) is 4.88. The van der Waals surface area contributed by atoms with Gasteiger partial charge < -0.3 is 15.0 Å². The third-order valence-electron chi connectivity index (χ3n) is 6.87. The van der Waals surface area contributed by atoms with Gasteiger partial charge in [0.25, 0.3) is 5.56 Å². The minimum Gasteiger partial charge on any atom is -0.444 e. The number of nitrogens with zero attached hydrogens (tertiary/aromatic N) is 3. The fraction of sp³-hybridized carbons (Fsp3) is 0.290. The molecular weight excluding hydrogens is 643 g/mol. The monoisotopic (exact) mass is 670 g/mol. The van der Waals surface area contributed by atoms with E-state index in [0.717, 1.165) is 26.7 Å². The zero-order chi connectivity index (χ0) is 30.2. The number of nitrogens with one attached hydrogen (secondary N) is 1. The third kappa shape index (κ3) is 6.48. The molecule has 1 saturated heterocycles. The molecule has 2 aromatic heterocycles. The van der Waals surface area contributed by atoms with Gasteiger partial charge in [-0.25, -0.2) is 9.78 Å². The maximum Gasteiger partial charge on any atom is 0.410 e. The molecule has 0 spiro atoms. The molecule has 3 heterocycles. The van der Waals surface area contributed by atoms with Crippen LogP contribution in [0.1, 0.15) is 39.2 Å². The van der Waals surface area contributed by atoms with Crippen LogP contribution in [0.5, 0.6) is 0 Å². The molecule has 1 N–H and O–H groups in total. The second-order valence-electron chi connectivity index (χ2n) is 11.2. The van der Waals surface area contributed by atoms with E-state index in [9.17, 15) is 14.4 Å². The first-order valence-electron chi connectivity index (χ1n) is 13.4. The molecule has 2 aromatic carbocycles. The average molecular weight is 672 g/mol. The largest absolute Gasteiger partial charge is 0.444 e. The molecule has 0 saturated carbocycles. The standard InChI is InChI=1S/C31H29BrCl2N4O4/c1-31(2,3)42-30(41)37(17-20-10-11-26(39)36-20)16-19-15-35-25-14-18(12-13-38(25)29(19)40)21-6-4-7-22(27(21)33)23-8-5-9-24(32)28(23)34/h4-9,12-15,20H,10-11,16-17H2,1-3H3,(H,36,39)/t20-/m0/s1. The Kier molecular flexibility index (Phi) is 8.64. The minimum absolute atomic E-state index is 0.0148. The number of rotatable bonds is 6. The molecule has 2 amide bonds. The predicted octanol–water partition coefficient (Wildman–Crippen LogP) is 7.11. The molecule has 42 heavy (non-hydrogen) atoms. The Morgan fingerprint density at radius 1 is 1.10 bits per heavy atom. The van der Waals surface area contributed by atoms with Gasteiger partial charge in [0.2, 0.25) is 5.91 Å². The first-order chi connectivity index (χ1) is 19.9. The van der Waals surface area contributed by atoms with Gasteiger partial charge in [-0.15, -0.1) is 0 Å². The maximum absolute atomic E-state index is 13.5. The number of carbonyl (C=O) groups is 2. The van der Waals surface area contributed by atoms with Crippen LogP contribution in [-0.4, -0.2) is 44.5 Å². The summed E-state index contributed by atoms with van der Waals surface area (Å²) in [6, 6.07) is 14.7. The Morgan fingerprint density at radius 3 is 2.48 bits per heavy atom. The first kappa shape index (κ1) is 30.1. The van der Waals surface area contributed by atoms with E-state index in [0.29, 0.717) is 34.1 Å². The first-order valence-corrected chi connectivity index (χ1v) is 15.0. The van der Waals surface area contributed by atoms with Gasteiger partial charge in [-0.05, 0) is 66.9 Å². The van der Waals surface area contributed by atoms with E-state index in [-0.39, 0.29) is 30.6 Å². The van der Waals surface area contributed by atoms with Crippen LogP contribution < -0.4 is 10.9 Å². The Morgan fingerprint density at radius 2 is 1.79 bits per heavy atom. The minimum atomic E-state index is -0.720. The topological polar surface area (TPSA) is 93.0 Å². The van der Waals surface area contributed by atoms with Gasteiger partial charge in [0.15, 0.2) is 0 Å². The van der Waals surface area contributed by atoms with Crippen LogP contribution >= 0.6 is 39.1 Å². The van der Waals surface area contributed by atoms with Crippen molar-refractivity contribution in [2.24, 2.45) is 0 Å². The summed E-state index contributed by atoms with van der Waals surface area (Å²) in [6.07, 6.45) is 3.56.